The highest BCUT2D eigenvalue weighted by Crippen LogP contribution is 2.07. The number of aromatic nitrogens is 1. The van der Waals surface area contributed by atoms with Crippen molar-refractivity contribution >= 4 is 5.91 Å². The summed E-state index contributed by atoms with van der Waals surface area (Å²) >= 11 is 0. The first-order valence-electron chi connectivity index (χ1n) is 5.41. The minimum Gasteiger partial charge on any atom is -0.345 e. The van der Waals surface area contributed by atoms with Crippen molar-refractivity contribution in [2.24, 2.45) is 0 Å². The Morgan fingerprint density at radius 1 is 1.44 bits per heavy atom. The van der Waals surface area contributed by atoms with E-state index in [1.807, 2.05) is 6.92 Å². The number of aryl methyl sites for hydroxylation is 2. The van der Waals surface area contributed by atoms with Gasteiger partial charge in [0.1, 0.15) is 5.56 Å². The molecule has 0 bridgehead atoms. The summed E-state index contributed by atoms with van der Waals surface area (Å²) in [7, 11) is 3.27. The Balaban J connectivity index is 3.21. The van der Waals surface area contributed by atoms with Crippen molar-refractivity contribution in [3.8, 4) is 0 Å². The Bertz CT molecular complexity index is 447. The molecule has 0 aromatic carbocycles. The molecule has 0 aliphatic heterocycles. The SMILES string of the molecule is CCCc1[nH]c(=O)c(C(=O)N(C)C)cc1C. The molecule has 0 spiro atoms. The number of hydrogen-bond donors (Lipinski definition) is 1. The molecule has 0 aliphatic rings. The number of nitrogens with one attached hydrogen (secondary N) is 1. The molecule has 4 nitrogen and oxygen atoms in total. The molecule has 1 heterocycles. The normalized spacial score (nSPS) is 10.2. The van der Waals surface area contributed by atoms with Gasteiger partial charge < -0.3 is 9.88 Å². The molecule has 0 unspecified atom stereocenters. The first-order valence-corrected chi connectivity index (χ1v) is 5.41. The highest BCUT2D eigenvalue weighted by atomic mass is 16.2. The lowest BCUT2D eigenvalue weighted by Gasteiger charge is -2.11. The van der Waals surface area contributed by atoms with Crippen LogP contribution in [0.3, 0.4) is 0 Å². The summed E-state index contributed by atoms with van der Waals surface area (Å²) in [4.78, 5) is 27.6. The average molecular weight is 222 g/mol. The summed E-state index contributed by atoms with van der Waals surface area (Å²) in [5.74, 6) is -0.257. The van der Waals surface area contributed by atoms with Crippen LogP contribution in [0.5, 0.6) is 0 Å². The number of nitrogens with zero attached hydrogens (tertiary/aromatic N) is 1. The second kappa shape index (κ2) is 4.96. The molecular formula is C12H18N2O2. The van der Waals surface area contributed by atoms with Crippen molar-refractivity contribution < 1.29 is 4.79 Å². The van der Waals surface area contributed by atoms with Crippen molar-refractivity contribution in [3.05, 3.63) is 33.2 Å². The van der Waals surface area contributed by atoms with E-state index in [1.54, 1.807) is 20.2 Å². The highest BCUT2D eigenvalue weighted by molar-refractivity contribution is 5.93. The van der Waals surface area contributed by atoms with E-state index >= 15 is 0 Å². The monoisotopic (exact) mass is 222 g/mol. The lowest BCUT2D eigenvalue weighted by atomic mass is 10.1. The molecule has 1 N–H and O–H groups in total. The predicted octanol–water partition coefficient (Wildman–Crippen LogP) is 1.34. The first kappa shape index (κ1) is 12.5. The van der Waals surface area contributed by atoms with E-state index in [-0.39, 0.29) is 17.0 Å². The average Bonchev–Trinajstić information content (AvgIpc) is 2.22. The number of amides is 1. The van der Waals surface area contributed by atoms with E-state index in [9.17, 15) is 9.59 Å². The van der Waals surface area contributed by atoms with Gasteiger partial charge in [0.2, 0.25) is 0 Å². The van der Waals surface area contributed by atoms with Gasteiger partial charge in [0.25, 0.3) is 11.5 Å². The number of aromatic amines is 1. The first-order chi connectivity index (χ1) is 7.47. The van der Waals surface area contributed by atoms with Crippen LogP contribution < -0.4 is 5.56 Å². The Labute approximate surface area is 95.3 Å². The Morgan fingerprint density at radius 2 is 2.06 bits per heavy atom. The summed E-state index contributed by atoms with van der Waals surface area (Å²) in [5, 5.41) is 0. The van der Waals surface area contributed by atoms with Gasteiger partial charge in [0.15, 0.2) is 0 Å². The maximum atomic E-state index is 11.7. The molecule has 0 radical (unpaired) electrons. The van der Waals surface area contributed by atoms with E-state index in [1.165, 1.54) is 4.90 Å². The largest absolute Gasteiger partial charge is 0.345 e. The Hall–Kier alpha value is -1.58. The number of carbonyl (C=O) groups is 1. The Morgan fingerprint density at radius 3 is 2.56 bits per heavy atom. The van der Waals surface area contributed by atoms with Gasteiger partial charge in [-0.2, -0.15) is 0 Å². The second-order valence-electron chi connectivity index (χ2n) is 4.12. The minimum absolute atomic E-state index is 0.211. The molecule has 88 valence electrons. The molecule has 0 saturated heterocycles. The molecule has 1 aromatic heterocycles. The van der Waals surface area contributed by atoms with Crippen molar-refractivity contribution in [3.63, 3.8) is 0 Å². The molecular weight excluding hydrogens is 204 g/mol. The van der Waals surface area contributed by atoms with E-state index < -0.39 is 0 Å². The lowest BCUT2D eigenvalue weighted by molar-refractivity contribution is 0.0825. The van der Waals surface area contributed by atoms with Gasteiger partial charge in [-0.15, -0.1) is 0 Å². The van der Waals surface area contributed by atoms with Crippen LogP contribution in [-0.4, -0.2) is 29.9 Å². The lowest BCUT2D eigenvalue weighted by Crippen LogP contribution is -2.29. The molecule has 1 aromatic rings. The third-order valence-electron chi connectivity index (χ3n) is 2.48. The van der Waals surface area contributed by atoms with Gasteiger partial charge in [-0.05, 0) is 25.0 Å². The molecule has 0 atom stereocenters. The van der Waals surface area contributed by atoms with Crippen molar-refractivity contribution in [1.29, 1.82) is 0 Å². The van der Waals surface area contributed by atoms with Crippen molar-refractivity contribution in [2.75, 3.05) is 14.1 Å². The van der Waals surface area contributed by atoms with Crippen LogP contribution in [-0.2, 0) is 6.42 Å². The third kappa shape index (κ3) is 2.51. The fourth-order valence-corrected chi connectivity index (χ4v) is 1.58. The smallest absolute Gasteiger partial charge is 0.261 e. The van der Waals surface area contributed by atoms with Gasteiger partial charge in [0, 0.05) is 19.8 Å². The van der Waals surface area contributed by atoms with Crippen LogP contribution in [0.15, 0.2) is 10.9 Å². The second-order valence-corrected chi connectivity index (χ2v) is 4.12. The summed E-state index contributed by atoms with van der Waals surface area (Å²) in [6.07, 6.45) is 1.80. The van der Waals surface area contributed by atoms with Gasteiger partial charge in [-0.25, -0.2) is 0 Å². The zero-order valence-corrected chi connectivity index (χ0v) is 10.3. The maximum absolute atomic E-state index is 11.7. The highest BCUT2D eigenvalue weighted by Gasteiger charge is 2.14. The van der Waals surface area contributed by atoms with Gasteiger partial charge >= 0.3 is 0 Å². The van der Waals surface area contributed by atoms with Crippen LogP contribution in [0.1, 0.15) is 35.0 Å². The topological polar surface area (TPSA) is 53.2 Å². The third-order valence-corrected chi connectivity index (χ3v) is 2.48. The predicted molar refractivity (Wildman–Crippen MR) is 63.8 cm³/mol. The summed E-state index contributed by atoms with van der Waals surface area (Å²) < 4.78 is 0. The van der Waals surface area contributed by atoms with Crippen LogP contribution in [0, 0.1) is 6.92 Å². The van der Waals surface area contributed by atoms with Crippen LogP contribution in [0.25, 0.3) is 0 Å². The molecule has 16 heavy (non-hydrogen) atoms. The number of pyridine rings is 1. The fraction of sp³-hybridized carbons (Fsp3) is 0.500. The van der Waals surface area contributed by atoms with Crippen LogP contribution >= 0.6 is 0 Å². The molecule has 0 saturated carbocycles. The van der Waals surface area contributed by atoms with Gasteiger partial charge in [-0.1, -0.05) is 13.3 Å². The fourth-order valence-electron chi connectivity index (χ4n) is 1.58. The van der Waals surface area contributed by atoms with Gasteiger partial charge in [0.05, 0.1) is 0 Å². The molecule has 0 aliphatic carbocycles. The summed E-state index contributed by atoms with van der Waals surface area (Å²) in [6.45, 7) is 3.96. The van der Waals surface area contributed by atoms with Crippen molar-refractivity contribution in [2.45, 2.75) is 26.7 Å². The van der Waals surface area contributed by atoms with E-state index in [0.717, 1.165) is 24.1 Å². The molecule has 1 amide bonds. The van der Waals surface area contributed by atoms with Gasteiger partial charge in [-0.3, -0.25) is 9.59 Å². The van der Waals surface area contributed by atoms with E-state index in [0.29, 0.717) is 0 Å². The van der Waals surface area contributed by atoms with E-state index in [2.05, 4.69) is 11.9 Å². The quantitative estimate of drug-likeness (QED) is 0.839. The summed E-state index contributed by atoms with van der Waals surface area (Å²) in [5.41, 5.74) is 1.80. The minimum atomic E-state index is -0.298. The number of carbonyl (C=O) groups excluding carboxylic acids is 1. The maximum Gasteiger partial charge on any atom is 0.261 e. The van der Waals surface area contributed by atoms with Crippen LogP contribution in [0.4, 0.5) is 0 Å². The zero-order chi connectivity index (χ0) is 12.3. The number of rotatable bonds is 3. The van der Waals surface area contributed by atoms with Crippen molar-refractivity contribution in [1.82, 2.24) is 9.88 Å². The van der Waals surface area contributed by atoms with E-state index in [4.69, 9.17) is 0 Å². The van der Waals surface area contributed by atoms with Crippen LogP contribution in [0.2, 0.25) is 0 Å². The molecule has 1 rings (SSSR count). The zero-order valence-electron chi connectivity index (χ0n) is 10.3. The standard InChI is InChI=1S/C12H18N2O2/c1-5-6-10-8(2)7-9(11(15)13-10)12(16)14(3)4/h7H,5-6H2,1-4H3,(H,13,15). The summed E-state index contributed by atoms with van der Waals surface area (Å²) in [6, 6.07) is 1.67. The molecule has 0 fully saturated rings. The molecule has 4 heteroatoms. The number of hydrogen-bond acceptors (Lipinski definition) is 2. The number of H-pyrrole nitrogens is 1. The Kier molecular flexibility index (Phi) is 3.88.